The lowest BCUT2D eigenvalue weighted by molar-refractivity contribution is 0.187. The smallest absolute Gasteiger partial charge is 0.119 e. The molecule has 0 bridgehead atoms. The summed E-state index contributed by atoms with van der Waals surface area (Å²) in [6.45, 7) is 14.2. The fourth-order valence-corrected chi connectivity index (χ4v) is 4.86. The Morgan fingerprint density at radius 2 is 1.73 bits per heavy atom. The summed E-state index contributed by atoms with van der Waals surface area (Å²) >= 11 is 0. The third kappa shape index (κ3) is 8.68. The first-order valence-corrected chi connectivity index (χ1v) is 12.9. The Kier molecular flexibility index (Phi) is 10.1. The summed E-state index contributed by atoms with van der Waals surface area (Å²) in [5.74, 6) is 2.28. The van der Waals surface area contributed by atoms with Gasteiger partial charge in [0.1, 0.15) is 12.4 Å². The van der Waals surface area contributed by atoms with Gasteiger partial charge >= 0.3 is 0 Å². The molecule has 182 valence electrons. The van der Waals surface area contributed by atoms with Crippen molar-refractivity contribution >= 4 is 5.69 Å². The van der Waals surface area contributed by atoms with Gasteiger partial charge in [0.25, 0.3) is 0 Å². The molecule has 1 aliphatic rings. The van der Waals surface area contributed by atoms with Gasteiger partial charge in [0.15, 0.2) is 0 Å². The first kappa shape index (κ1) is 25.6. The molecule has 33 heavy (non-hydrogen) atoms. The largest absolute Gasteiger partial charge is 0.489 e. The third-order valence-electron chi connectivity index (χ3n) is 6.55. The summed E-state index contributed by atoms with van der Waals surface area (Å²) < 4.78 is 6.02. The molecule has 2 N–H and O–H groups in total. The predicted octanol–water partition coefficient (Wildman–Crippen LogP) is 5.96. The van der Waals surface area contributed by atoms with Gasteiger partial charge in [-0.1, -0.05) is 58.0 Å². The number of likely N-dealkylation sites (tertiary alicyclic amines) is 1. The van der Waals surface area contributed by atoms with Gasteiger partial charge in [-0.25, -0.2) is 0 Å². The van der Waals surface area contributed by atoms with Crippen LogP contribution in [0.5, 0.6) is 5.75 Å². The van der Waals surface area contributed by atoms with Crippen molar-refractivity contribution in [2.24, 2.45) is 17.6 Å². The number of piperidine rings is 1. The van der Waals surface area contributed by atoms with Crippen LogP contribution in [-0.2, 0) is 6.61 Å². The van der Waals surface area contributed by atoms with Crippen molar-refractivity contribution in [3.8, 4) is 5.75 Å². The van der Waals surface area contributed by atoms with Crippen molar-refractivity contribution in [1.29, 1.82) is 0 Å². The lowest BCUT2D eigenvalue weighted by Crippen LogP contribution is -2.51. The maximum absolute atomic E-state index is 6.45. The van der Waals surface area contributed by atoms with Crippen LogP contribution in [0.2, 0.25) is 0 Å². The molecule has 2 atom stereocenters. The van der Waals surface area contributed by atoms with Crippen molar-refractivity contribution in [3.63, 3.8) is 0 Å². The highest BCUT2D eigenvalue weighted by atomic mass is 16.5. The molecule has 1 heterocycles. The van der Waals surface area contributed by atoms with Crippen LogP contribution >= 0.6 is 0 Å². The quantitative estimate of drug-likeness (QED) is 0.432. The summed E-state index contributed by atoms with van der Waals surface area (Å²) in [6.07, 6.45) is 4.80. The van der Waals surface area contributed by atoms with Crippen LogP contribution in [0.25, 0.3) is 0 Å². The number of hydrogen-bond donors (Lipinski definition) is 1. The van der Waals surface area contributed by atoms with E-state index in [0.29, 0.717) is 24.5 Å². The molecule has 0 spiro atoms. The Bertz CT molecular complexity index is 790. The minimum Gasteiger partial charge on any atom is -0.489 e. The second kappa shape index (κ2) is 13.0. The number of rotatable bonds is 12. The van der Waals surface area contributed by atoms with Gasteiger partial charge in [0, 0.05) is 37.4 Å². The van der Waals surface area contributed by atoms with E-state index in [9.17, 15) is 0 Å². The minimum atomic E-state index is 0.272. The van der Waals surface area contributed by atoms with E-state index in [2.05, 4.69) is 86.0 Å². The molecule has 2 unspecified atom stereocenters. The highest BCUT2D eigenvalue weighted by molar-refractivity contribution is 5.50. The van der Waals surface area contributed by atoms with Crippen LogP contribution in [0.15, 0.2) is 54.6 Å². The topological polar surface area (TPSA) is 41.7 Å². The van der Waals surface area contributed by atoms with Crippen molar-refractivity contribution in [3.05, 3.63) is 60.2 Å². The van der Waals surface area contributed by atoms with Gasteiger partial charge in [0.05, 0.1) is 0 Å². The molecule has 4 heteroatoms. The monoisotopic (exact) mass is 451 g/mol. The van der Waals surface area contributed by atoms with E-state index < -0.39 is 0 Å². The molecule has 3 rings (SSSR count). The number of ether oxygens (including phenoxy) is 1. The van der Waals surface area contributed by atoms with Crippen LogP contribution in [-0.4, -0.2) is 43.2 Å². The number of nitrogens with zero attached hydrogens (tertiary/aromatic N) is 2. The van der Waals surface area contributed by atoms with Crippen molar-refractivity contribution < 1.29 is 4.74 Å². The summed E-state index contributed by atoms with van der Waals surface area (Å²) in [5, 5.41) is 0. The van der Waals surface area contributed by atoms with Crippen LogP contribution < -0.4 is 15.4 Å². The summed E-state index contributed by atoms with van der Waals surface area (Å²) in [4.78, 5) is 5.24. The van der Waals surface area contributed by atoms with Gasteiger partial charge in [-0.3, -0.25) is 4.90 Å². The van der Waals surface area contributed by atoms with E-state index in [-0.39, 0.29) is 6.04 Å². The Balaban J connectivity index is 1.64. The zero-order chi connectivity index (χ0) is 23.6. The fourth-order valence-electron chi connectivity index (χ4n) is 4.86. The van der Waals surface area contributed by atoms with Gasteiger partial charge < -0.3 is 15.4 Å². The van der Waals surface area contributed by atoms with Gasteiger partial charge in [0.2, 0.25) is 0 Å². The number of anilines is 1. The predicted molar refractivity (Wildman–Crippen MR) is 141 cm³/mol. The highest BCUT2D eigenvalue weighted by Crippen LogP contribution is 2.27. The van der Waals surface area contributed by atoms with Crippen molar-refractivity contribution in [2.75, 3.05) is 31.1 Å². The van der Waals surface area contributed by atoms with E-state index in [1.807, 2.05) is 6.07 Å². The minimum absolute atomic E-state index is 0.272. The molecule has 0 radical (unpaired) electrons. The molecular formula is C29H45N3O. The van der Waals surface area contributed by atoms with Crippen molar-refractivity contribution in [2.45, 2.75) is 72.1 Å². The Labute approximate surface area is 202 Å². The number of hydrogen-bond acceptors (Lipinski definition) is 4. The van der Waals surface area contributed by atoms with Crippen LogP contribution in [0.4, 0.5) is 5.69 Å². The van der Waals surface area contributed by atoms with Gasteiger partial charge in [-0.15, -0.1) is 0 Å². The molecule has 4 nitrogen and oxygen atoms in total. The van der Waals surface area contributed by atoms with Crippen molar-refractivity contribution in [1.82, 2.24) is 4.90 Å². The standard InChI is InChI=1S/C29H45N3O/c1-23(2)16-18-32(28-11-8-17-31(21-28)20-26(30)19-24(3)4)27-12-14-29(15-13-27)33-22-25-9-6-5-7-10-25/h5-7,9-10,12-15,23-24,26,28H,8,11,16-22,30H2,1-4H3. The zero-order valence-electron chi connectivity index (χ0n) is 21.2. The molecule has 0 aromatic heterocycles. The Morgan fingerprint density at radius 3 is 2.39 bits per heavy atom. The molecular weight excluding hydrogens is 406 g/mol. The second-order valence-electron chi connectivity index (χ2n) is 10.6. The maximum atomic E-state index is 6.45. The average Bonchev–Trinajstić information content (AvgIpc) is 2.79. The van der Waals surface area contributed by atoms with Crippen LogP contribution in [0.1, 0.15) is 58.9 Å². The number of benzene rings is 2. The Morgan fingerprint density at radius 1 is 1.00 bits per heavy atom. The summed E-state index contributed by atoms with van der Waals surface area (Å²) in [5.41, 5.74) is 8.95. The second-order valence-corrected chi connectivity index (χ2v) is 10.6. The lowest BCUT2D eigenvalue weighted by atomic mass is 9.99. The Hall–Kier alpha value is -2.04. The van der Waals surface area contributed by atoms with E-state index in [1.54, 1.807) is 0 Å². The first-order chi connectivity index (χ1) is 15.9. The highest BCUT2D eigenvalue weighted by Gasteiger charge is 2.26. The molecule has 0 aliphatic carbocycles. The molecule has 0 saturated carbocycles. The SMILES string of the molecule is CC(C)CCN(c1ccc(OCc2ccccc2)cc1)C1CCCN(CC(N)CC(C)C)C1. The normalized spacial score (nSPS) is 18.0. The zero-order valence-corrected chi connectivity index (χ0v) is 21.2. The van der Waals surface area contributed by atoms with E-state index in [4.69, 9.17) is 10.5 Å². The molecule has 1 saturated heterocycles. The van der Waals surface area contributed by atoms with Crippen LogP contribution in [0.3, 0.4) is 0 Å². The molecule has 2 aromatic rings. The molecule has 1 aliphatic heterocycles. The molecule has 2 aromatic carbocycles. The van der Waals surface area contributed by atoms with Gasteiger partial charge in [-0.05, 0) is 73.9 Å². The van der Waals surface area contributed by atoms with Crippen LogP contribution in [0, 0.1) is 11.8 Å². The number of nitrogens with two attached hydrogens (primary N) is 1. The first-order valence-electron chi connectivity index (χ1n) is 12.9. The average molecular weight is 452 g/mol. The summed E-state index contributed by atoms with van der Waals surface area (Å²) in [7, 11) is 0. The lowest BCUT2D eigenvalue weighted by Gasteiger charge is -2.42. The summed E-state index contributed by atoms with van der Waals surface area (Å²) in [6, 6.07) is 19.9. The third-order valence-corrected chi connectivity index (χ3v) is 6.55. The van der Waals surface area contributed by atoms with E-state index in [1.165, 1.54) is 37.1 Å². The van der Waals surface area contributed by atoms with Gasteiger partial charge in [-0.2, -0.15) is 0 Å². The molecule has 1 fully saturated rings. The van der Waals surface area contributed by atoms with E-state index >= 15 is 0 Å². The maximum Gasteiger partial charge on any atom is 0.119 e. The fraction of sp³-hybridized carbons (Fsp3) is 0.586. The molecule has 0 amide bonds. The van der Waals surface area contributed by atoms with E-state index in [0.717, 1.165) is 31.8 Å².